The van der Waals surface area contributed by atoms with E-state index in [-0.39, 0.29) is 12.4 Å². The second-order valence-corrected chi connectivity index (χ2v) is 3.37. The summed E-state index contributed by atoms with van der Waals surface area (Å²) in [5, 5.41) is 7.29. The topological polar surface area (TPSA) is 38.1 Å². The van der Waals surface area contributed by atoms with Crippen LogP contribution in [0.3, 0.4) is 0 Å². The van der Waals surface area contributed by atoms with E-state index < -0.39 is 0 Å². The van der Waals surface area contributed by atoms with Gasteiger partial charge in [0.1, 0.15) is 0 Å². The Balaban J connectivity index is 0.000000845. The first-order valence-electron chi connectivity index (χ1n) is 4.53. The first-order valence-corrected chi connectivity index (χ1v) is 4.53. The molecule has 4 heteroatoms. The molecule has 1 aliphatic heterocycles. The van der Waals surface area contributed by atoms with Crippen LogP contribution in [0.25, 0.3) is 0 Å². The van der Waals surface area contributed by atoms with Gasteiger partial charge in [0.2, 0.25) is 0 Å². The standard InChI is InChI=1S/C9H14N2O.ClH/c1-7-6-9(12-11-7)8-4-2-3-5-10-8;/h6,8,10H,2-5H2,1H3;1H/t8-;/m0./s1. The zero-order valence-electron chi connectivity index (χ0n) is 7.75. The monoisotopic (exact) mass is 202 g/mol. The molecule has 1 aliphatic rings. The highest BCUT2D eigenvalue weighted by Gasteiger charge is 2.17. The molecule has 1 N–H and O–H groups in total. The zero-order chi connectivity index (χ0) is 8.39. The lowest BCUT2D eigenvalue weighted by molar-refractivity contribution is 0.303. The van der Waals surface area contributed by atoms with Gasteiger partial charge in [-0.15, -0.1) is 12.4 Å². The van der Waals surface area contributed by atoms with E-state index >= 15 is 0 Å². The molecule has 0 saturated carbocycles. The Morgan fingerprint density at radius 2 is 2.38 bits per heavy atom. The summed E-state index contributed by atoms with van der Waals surface area (Å²) < 4.78 is 5.19. The molecule has 1 atom stereocenters. The molecule has 1 aromatic rings. The van der Waals surface area contributed by atoms with Gasteiger partial charge in [-0.3, -0.25) is 0 Å². The Morgan fingerprint density at radius 1 is 1.54 bits per heavy atom. The number of aromatic nitrogens is 1. The van der Waals surface area contributed by atoms with Gasteiger partial charge in [0.05, 0.1) is 11.7 Å². The lowest BCUT2D eigenvalue weighted by atomic mass is 10.0. The third-order valence-electron chi connectivity index (χ3n) is 2.30. The summed E-state index contributed by atoms with van der Waals surface area (Å²) >= 11 is 0. The predicted molar refractivity (Wildman–Crippen MR) is 53.1 cm³/mol. The van der Waals surface area contributed by atoms with Crippen molar-refractivity contribution >= 4 is 12.4 Å². The second kappa shape index (κ2) is 4.63. The van der Waals surface area contributed by atoms with Crippen molar-refractivity contribution in [3.05, 3.63) is 17.5 Å². The molecule has 1 aromatic heterocycles. The van der Waals surface area contributed by atoms with E-state index in [1.165, 1.54) is 19.3 Å². The van der Waals surface area contributed by atoms with Gasteiger partial charge < -0.3 is 9.84 Å². The van der Waals surface area contributed by atoms with E-state index in [1.807, 2.05) is 13.0 Å². The van der Waals surface area contributed by atoms with Crippen LogP contribution in [0, 0.1) is 6.92 Å². The van der Waals surface area contributed by atoms with Crippen molar-refractivity contribution in [1.82, 2.24) is 10.5 Å². The third-order valence-corrected chi connectivity index (χ3v) is 2.30. The summed E-state index contributed by atoms with van der Waals surface area (Å²) in [6, 6.07) is 2.42. The Hall–Kier alpha value is -0.540. The summed E-state index contributed by atoms with van der Waals surface area (Å²) in [6.07, 6.45) is 3.75. The minimum Gasteiger partial charge on any atom is -0.359 e. The van der Waals surface area contributed by atoms with Crippen LogP contribution in [0.15, 0.2) is 10.6 Å². The van der Waals surface area contributed by atoms with Gasteiger partial charge in [-0.05, 0) is 26.3 Å². The van der Waals surface area contributed by atoms with Gasteiger partial charge in [-0.1, -0.05) is 11.6 Å². The predicted octanol–water partition coefficient (Wildman–Crippen LogP) is 2.22. The normalized spacial score (nSPS) is 22.4. The van der Waals surface area contributed by atoms with Gasteiger partial charge >= 0.3 is 0 Å². The van der Waals surface area contributed by atoms with E-state index in [9.17, 15) is 0 Å². The number of nitrogens with zero attached hydrogens (tertiary/aromatic N) is 1. The maximum absolute atomic E-state index is 5.19. The molecule has 0 aromatic carbocycles. The van der Waals surface area contributed by atoms with Gasteiger partial charge in [-0.25, -0.2) is 0 Å². The first kappa shape index (κ1) is 10.5. The number of rotatable bonds is 1. The first-order chi connectivity index (χ1) is 5.86. The van der Waals surface area contributed by atoms with E-state index in [1.54, 1.807) is 0 Å². The van der Waals surface area contributed by atoms with E-state index in [0.29, 0.717) is 6.04 Å². The van der Waals surface area contributed by atoms with Crippen molar-refractivity contribution in [2.45, 2.75) is 32.2 Å². The highest BCUT2D eigenvalue weighted by molar-refractivity contribution is 5.85. The molecule has 1 saturated heterocycles. The molecule has 0 aliphatic carbocycles. The molecule has 0 bridgehead atoms. The maximum atomic E-state index is 5.19. The fraction of sp³-hybridized carbons (Fsp3) is 0.667. The molecule has 2 heterocycles. The second-order valence-electron chi connectivity index (χ2n) is 3.37. The minimum absolute atomic E-state index is 0. The van der Waals surface area contributed by atoms with Crippen molar-refractivity contribution in [2.75, 3.05) is 6.54 Å². The Morgan fingerprint density at radius 3 is 2.92 bits per heavy atom. The van der Waals surface area contributed by atoms with E-state index in [2.05, 4.69) is 10.5 Å². The SMILES string of the molecule is Cc1cc([C@@H]2CCCCN2)on1.Cl. The largest absolute Gasteiger partial charge is 0.359 e. The van der Waals surface area contributed by atoms with Crippen molar-refractivity contribution in [1.29, 1.82) is 0 Å². The van der Waals surface area contributed by atoms with Gasteiger partial charge in [0, 0.05) is 6.07 Å². The fourth-order valence-electron chi connectivity index (χ4n) is 1.64. The van der Waals surface area contributed by atoms with E-state index in [4.69, 9.17) is 4.52 Å². The van der Waals surface area contributed by atoms with Gasteiger partial charge in [0.25, 0.3) is 0 Å². The highest BCUT2D eigenvalue weighted by atomic mass is 35.5. The van der Waals surface area contributed by atoms with Gasteiger partial charge in [0.15, 0.2) is 5.76 Å². The van der Waals surface area contributed by atoms with Crippen LogP contribution in [0.1, 0.15) is 36.8 Å². The lowest BCUT2D eigenvalue weighted by Crippen LogP contribution is -2.26. The zero-order valence-corrected chi connectivity index (χ0v) is 8.56. The number of hydrogen-bond donors (Lipinski definition) is 1. The Kier molecular flexibility index (Phi) is 3.75. The van der Waals surface area contributed by atoms with Crippen LogP contribution >= 0.6 is 12.4 Å². The molecule has 3 nitrogen and oxygen atoms in total. The molecular formula is C9H15ClN2O. The molecule has 0 amide bonds. The third kappa shape index (κ3) is 2.45. The number of aryl methyl sites for hydroxylation is 1. The van der Waals surface area contributed by atoms with E-state index in [0.717, 1.165) is 18.0 Å². The summed E-state index contributed by atoms with van der Waals surface area (Å²) in [4.78, 5) is 0. The minimum atomic E-state index is 0. The van der Waals surface area contributed by atoms with Crippen LogP contribution < -0.4 is 5.32 Å². The fourth-order valence-corrected chi connectivity index (χ4v) is 1.64. The maximum Gasteiger partial charge on any atom is 0.153 e. The molecular weight excluding hydrogens is 188 g/mol. The lowest BCUT2D eigenvalue weighted by Gasteiger charge is -2.20. The average Bonchev–Trinajstić information content (AvgIpc) is 2.54. The molecule has 0 unspecified atom stereocenters. The Labute approximate surface area is 84.3 Å². The van der Waals surface area contributed by atoms with Crippen molar-refractivity contribution in [3.8, 4) is 0 Å². The smallest absolute Gasteiger partial charge is 0.153 e. The van der Waals surface area contributed by atoms with Crippen LogP contribution in [0.5, 0.6) is 0 Å². The van der Waals surface area contributed by atoms with Crippen molar-refractivity contribution < 1.29 is 4.52 Å². The van der Waals surface area contributed by atoms with Crippen LogP contribution in [0.2, 0.25) is 0 Å². The molecule has 74 valence electrons. The molecule has 2 rings (SSSR count). The summed E-state index contributed by atoms with van der Waals surface area (Å²) in [7, 11) is 0. The van der Waals surface area contributed by atoms with Crippen molar-refractivity contribution in [2.24, 2.45) is 0 Å². The molecule has 13 heavy (non-hydrogen) atoms. The molecule has 0 radical (unpaired) electrons. The molecule has 1 fully saturated rings. The molecule has 0 spiro atoms. The van der Waals surface area contributed by atoms with Crippen LogP contribution in [-0.4, -0.2) is 11.7 Å². The van der Waals surface area contributed by atoms with Crippen LogP contribution in [-0.2, 0) is 0 Å². The summed E-state index contributed by atoms with van der Waals surface area (Å²) in [5.41, 5.74) is 0.970. The number of piperidine rings is 1. The number of hydrogen-bond acceptors (Lipinski definition) is 3. The Bertz CT molecular complexity index is 256. The quantitative estimate of drug-likeness (QED) is 0.759. The number of nitrogens with one attached hydrogen (secondary N) is 1. The average molecular weight is 203 g/mol. The summed E-state index contributed by atoms with van der Waals surface area (Å²) in [6.45, 7) is 3.06. The van der Waals surface area contributed by atoms with Crippen molar-refractivity contribution in [3.63, 3.8) is 0 Å². The highest BCUT2D eigenvalue weighted by Crippen LogP contribution is 2.22. The number of halogens is 1. The van der Waals surface area contributed by atoms with Gasteiger partial charge in [-0.2, -0.15) is 0 Å². The summed E-state index contributed by atoms with van der Waals surface area (Å²) in [5.74, 6) is 0.993. The van der Waals surface area contributed by atoms with Crippen LogP contribution in [0.4, 0.5) is 0 Å².